The second-order valence-corrected chi connectivity index (χ2v) is 8.19. The minimum Gasteiger partial charge on any atom is -0.284 e. The van der Waals surface area contributed by atoms with E-state index < -0.39 is 5.97 Å². The molecule has 32 heavy (non-hydrogen) atoms. The maximum Gasteiger partial charge on any atom is 0.389 e. The summed E-state index contributed by atoms with van der Waals surface area (Å²) in [6, 6.07) is 18.3. The molecule has 1 aliphatic heterocycles. The lowest BCUT2D eigenvalue weighted by Crippen LogP contribution is -2.75. The highest BCUT2D eigenvalue weighted by Gasteiger charge is 2.35. The minimum atomic E-state index is -0.693. The first kappa shape index (κ1) is 21.7. The van der Waals surface area contributed by atoms with E-state index in [0.29, 0.717) is 26.7 Å². The Balaban J connectivity index is 1.53. The van der Waals surface area contributed by atoms with E-state index in [1.54, 1.807) is 60.7 Å². The Morgan fingerprint density at radius 3 is 2.28 bits per heavy atom. The van der Waals surface area contributed by atoms with Gasteiger partial charge in [0.15, 0.2) is 0 Å². The van der Waals surface area contributed by atoms with Gasteiger partial charge in [0.2, 0.25) is 0 Å². The molecule has 9 heteroatoms. The SMILES string of the molecule is N/C(=[NH+]\OC(=O)c1ccccc1Cl)c1ccc(Br)c(CN2C(=O)c3ccccc3C2=O)c1. The lowest BCUT2D eigenvalue weighted by Gasteiger charge is -2.15. The van der Waals surface area contributed by atoms with Gasteiger partial charge in [0.25, 0.3) is 11.8 Å². The highest BCUT2D eigenvalue weighted by Crippen LogP contribution is 2.27. The number of nitrogens with zero attached hydrogens (tertiary/aromatic N) is 1. The van der Waals surface area contributed by atoms with Crippen molar-refractivity contribution >= 4 is 51.2 Å². The summed E-state index contributed by atoms with van der Waals surface area (Å²) in [5.74, 6) is -1.33. The van der Waals surface area contributed by atoms with E-state index in [9.17, 15) is 14.4 Å². The van der Waals surface area contributed by atoms with Crippen molar-refractivity contribution in [2.45, 2.75) is 6.54 Å². The van der Waals surface area contributed by atoms with Crippen LogP contribution in [0.1, 0.15) is 42.2 Å². The maximum atomic E-state index is 12.7. The Hall–Kier alpha value is -3.49. The molecule has 0 aliphatic carbocycles. The van der Waals surface area contributed by atoms with E-state index in [-0.39, 0.29) is 34.8 Å². The fourth-order valence-corrected chi connectivity index (χ4v) is 3.84. The summed E-state index contributed by atoms with van der Waals surface area (Å²) >= 11 is 9.44. The maximum absolute atomic E-state index is 12.7. The van der Waals surface area contributed by atoms with Crippen LogP contribution in [-0.2, 0) is 11.4 Å². The lowest BCUT2D eigenvalue weighted by molar-refractivity contribution is -0.721. The zero-order valence-corrected chi connectivity index (χ0v) is 18.8. The molecule has 0 saturated heterocycles. The summed E-state index contributed by atoms with van der Waals surface area (Å²) in [5.41, 5.74) is 8.15. The fraction of sp³-hybridized carbons (Fsp3) is 0.0435. The third-order valence-electron chi connectivity index (χ3n) is 4.91. The van der Waals surface area contributed by atoms with E-state index in [1.165, 1.54) is 11.0 Å². The van der Waals surface area contributed by atoms with Gasteiger partial charge in [-0.1, -0.05) is 57.0 Å². The lowest BCUT2D eigenvalue weighted by atomic mass is 10.1. The number of benzene rings is 3. The van der Waals surface area contributed by atoms with Crippen molar-refractivity contribution in [2.24, 2.45) is 5.73 Å². The molecule has 0 bridgehead atoms. The number of amidine groups is 1. The van der Waals surface area contributed by atoms with Gasteiger partial charge in [0, 0.05) is 4.47 Å². The van der Waals surface area contributed by atoms with Gasteiger partial charge in [0.1, 0.15) is 0 Å². The zero-order chi connectivity index (χ0) is 22.8. The molecule has 0 radical (unpaired) electrons. The monoisotopic (exact) mass is 512 g/mol. The number of imide groups is 1. The van der Waals surface area contributed by atoms with Gasteiger partial charge in [-0.05, 0) is 48.0 Å². The molecule has 160 valence electrons. The highest BCUT2D eigenvalue weighted by molar-refractivity contribution is 9.10. The number of halogens is 2. The van der Waals surface area contributed by atoms with Crippen molar-refractivity contribution in [1.82, 2.24) is 4.90 Å². The summed E-state index contributed by atoms with van der Waals surface area (Å²) in [5, 5.41) is 2.67. The molecule has 0 saturated carbocycles. The number of carbonyl (C=O) groups is 3. The van der Waals surface area contributed by atoms with Crippen LogP contribution in [0.25, 0.3) is 0 Å². The van der Waals surface area contributed by atoms with Gasteiger partial charge < -0.3 is 0 Å². The Morgan fingerprint density at radius 2 is 1.62 bits per heavy atom. The molecule has 0 fully saturated rings. The normalized spacial score (nSPS) is 13.3. The van der Waals surface area contributed by atoms with E-state index in [4.69, 9.17) is 22.2 Å². The molecule has 3 aromatic rings. The van der Waals surface area contributed by atoms with Crippen LogP contribution in [0.5, 0.6) is 0 Å². The summed E-state index contributed by atoms with van der Waals surface area (Å²) in [4.78, 5) is 43.7. The molecule has 0 aromatic heterocycles. The average Bonchev–Trinajstić information content (AvgIpc) is 3.04. The molecule has 7 nitrogen and oxygen atoms in total. The van der Waals surface area contributed by atoms with Gasteiger partial charge in [-0.3, -0.25) is 25.1 Å². The van der Waals surface area contributed by atoms with Crippen molar-refractivity contribution < 1.29 is 24.4 Å². The van der Waals surface area contributed by atoms with E-state index >= 15 is 0 Å². The third-order valence-corrected chi connectivity index (χ3v) is 6.01. The van der Waals surface area contributed by atoms with Gasteiger partial charge in [-0.15, -0.1) is 0 Å². The van der Waals surface area contributed by atoms with Crippen molar-refractivity contribution in [3.8, 4) is 0 Å². The number of hydrogen-bond acceptors (Lipinski definition) is 4. The first-order valence-corrected chi connectivity index (χ1v) is 10.6. The van der Waals surface area contributed by atoms with E-state index in [0.717, 1.165) is 0 Å². The number of nitrogens with two attached hydrogens (primary N) is 1. The molecule has 4 rings (SSSR count). The topological polar surface area (TPSA) is 104 Å². The number of fused-ring (bicyclic) bond motifs is 1. The van der Waals surface area contributed by atoms with E-state index in [1.807, 2.05) is 0 Å². The number of hydrogen-bond donors (Lipinski definition) is 2. The number of rotatable bonds is 5. The predicted octanol–water partition coefficient (Wildman–Crippen LogP) is 2.46. The largest absolute Gasteiger partial charge is 0.389 e. The van der Waals surface area contributed by atoms with Crippen molar-refractivity contribution in [3.05, 3.63) is 104 Å². The number of carbonyl (C=O) groups excluding carboxylic acids is 3. The van der Waals surface area contributed by atoms with Gasteiger partial charge in [-0.2, -0.15) is 0 Å². The van der Waals surface area contributed by atoms with Crippen LogP contribution in [0.2, 0.25) is 5.02 Å². The summed E-state index contributed by atoms with van der Waals surface area (Å²) < 4.78 is 0.693. The van der Waals surface area contributed by atoms with Gasteiger partial charge >= 0.3 is 11.8 Å². The minimum absolute atomic E-state index is 0.0491. The standard InChI is InChI=1S/C23H15BrClN3O4/c24-18-10-9-13(20(26)27-32-23(31)17-7-3-4-8-19(17)25)11-14(18)12-28-21(29)15-5-1-2-6-16(15)22(28)30/h1-11H,12H2,(H2,26,27)/p+1. The van der Waals surface area contributed by atoms with Crippen LogP contribution in [0.4, 0.5) is 0 Å². The molecule has 2 amide bonds. The third kappa shape index (κ3) is 4.15. The van der Waals surface area contributed by atoms with Crippen LogP contribution in [0.15, 0.2) is 71.2 Å². The van der Waals surface area contributed by atoms with Crippen molar-refractivity contribution in [1.29, 1.82) is 0 Å². The average molecular weight is 514 g/mol. The number of nitrogen functional groups attached to an aromatic ring is 1. The Labute approximate surface area is 196 Å². The molecule has 1 heterocycles. The molecule has 3 aromatic carbocycles. The van der Waals surface area contributed by atoms with Crippen LogP contribution >= 0.6 is 27.5 Å². The smallest absolute Gasteiger partial charge is 0.284 e. The Bertz CT molecular complexity index is 1260. The summed E-state index contributed by atoms with van der Waals surface area (Å²) in [6.45, 7) is 0.0491. The quantitative estimate of drug-likeness (QED) is 0.179. The van der Waals surface area contributed by atoms with Crippen molar-refractivity contribution in [3.63, 3.8) is 0 Å². The zero-order valence-electron chi connectivity index (χ0n) is 16.5. The van der Waals surface area contributed by atoms with Crippen molar-refractivity contribution in [2.75, 3.05) is 0 Å². The molecule has 0 unspecified atom stereocenters. The second kappa shape index (κ2) is 8.94. The van der Waals surface area contributed by atoms with Crippen LogP contribution < -0.4 is 10.9 Å². The van der Waals surface area contributed by atoms with Gasteiger partial charge in [-0.25, -0.2) is 4.79 Å². The second-order valence-electron chi connectivity index (χ2n) is 6.93. The summed E-state index contributed by atoms with van der Waals surface area (Å²) in [6.07, 6.45) is 0. The first-order chi connectivity index (χ1) is 15.4. The fourth-order valence-electron chi connectivity index (χ4n) is 3.26. The number of amides is 2. The van der Waals surface area contributed by atoms with Crippen LogP contribution in [0.3, 0.4) is 0 Å². The molecule has 1 aliphatic rings. The van der Waals surface area contributed by atoms with Crippen LogP contribution in [0, 0.1) is 0 Å². The highest BCUT2D eigenvalue weighted by atomic mass is 79.9. The Morgan fingerprint density at radius 1 is 1.00 bits per heavy atom. The Kier molecular flexibility index (Phi) is 6.07. The van der Waals surface area contributed by atoms with Gasteiger partial charge in [0.05, 0.1) is 33.8 Å². The molecule has 0 spiro atoms. The first-order valence-electron chi connectivity index (χ1n) is 9.45. The predicted molar refractivity (Wildman–Crippen MR) is 121 cm³/mol. The molecular formula is C23H16BrClN3O4+. The molecule has 0 atom stereocenters. The number of nitrogens with one attached hydrogen (secondary N) is 1. The summed E-state index contributed by atoms with van der Waals surface area (Å²) in [7, 11) is 0. The molecular weight excluding hydrogens is 498 g/mol. The van der Waals surface area contributed by atoms with Crippen LogP contribution in [-0.4, -0.2) is 28.5 Å². The van der Waals surface area contributed by atoms with E-state index in [2.05, 4.69) is 21.1 Å². The molecule has 3 N–H and O–H groups in total.